The fourth-order valence-corrected chi connectivity index (χ4v) is 4.79. The molecule has 0 spiro atoms. The summed E-state index contributed by atoms with van der Waals surface area (Å²) in [5.74, 6) is 1.05. The third kappa shape index (κ3) is 2.97. The van der Waals surface area contributed by atoms with E-state index >= 15 is 0 Å². The van der Waals surface area contributed by atoms with Gasteiger partial charge in [-0.15, -0.1) is 6.58 Å². The highest BCUT2D eigenvalue weighted by molar-refractivity contribution is 6.30. The molecule has 1 N–H and O–H groups in total. The summed E-state index contributed by atoms with van der Waals surface area (Å²) in [6.07, 6.45) is 10.2. The van der Waals surface area contributed by atoms with Crippen LogP contribution in [0.5, 0.6) is 0 Å². The maximum atomic E-state index is 10.3. The summed E-state index contributed by atoms with van der Waals surface area (Å²) in [6.45, 7) is 14.7. The summed E-state index contributed by atoms with van der Waals surface area (Å²) in [4.78, 5) is 0. The summed E-state index contributed by atoms with van der Waals surface area (Å²) in [5, 5.41) is 11.3. The zero-order chi connectivity index (χ0) is 15.9. The number of fused-ring (bicyclic) bond motifs is 1. The number of hydrogen-bond donors (Lipinski definition) is 1. The molecule has 5 unspecified atom stereocenters. The highest BCUT2D eigenvalue weighted by Crippen LogP contribution is 2.62. The van der Waals surface area contributed by atoms with E-state index < -0.39 is 5.60 Å². The lowest BCUT2D eigenvalue weighted by atomic mass is 9.49. The molecule has 1 saturated carbocycles. The third-order valence-electron chi connectivity index (χ3n) is 6.40. The SMILES string of the molecule is C=CC(C)(O)CCC1(C)C(Cl)=CCC2(C)C([CH2-])CCCC12. The summed E-state index contributed by atoms with van der Waals surface area (Å²) in [6, 6.07) is 0. The molecule has 0 aromatic carbocycles. The summed E-state index contributed by atoms with van der Waals surface area (Å²) in [7, 11) is 0. The van der Waals surface area contributed by atoms with Gasteiger partial charge in [0, 0.05) is 10.4 Å². The monoisotopic (exact) mass is 309 g/mol. The van der Waals surface area contributed by atoms with E-state index in [9.17, 15) is 5.11 Å². The first-order valence-corrected chi connectivity index (χ1v) is 8.59. The average Bonchev–Trinajstić information content (AvgIpc) is 2.44. The van der Waals surface area contributed by atoms with Crippen molar-refractivity contribution < 1.29 is 5.11 Å². The van der Waals surface area contributed by atoms with Crippen molar-refractivity contribution in [1.29, 1.82) is 0 Å². The standard InChI is InChI=1S/C19H30ClO/c1-6-17(3,21)12-13-19(5)15-9-7-8-14(2)18(15,4)11-10-16(19)20/h6,10,14-15,21H,1-2,7-9,11-13H2,3-5H3/q-1. The molecule has 0 aromatic heterocycles. The first-order chi connectivity index (χ1) is 9.66. The first kappa shape index (κ1) is 17.1. The Hall–Kier alpha value is -0.270. The third-order valence-corrected chi connectivity index (χ3v) is 6.99. The van der Waals surface area contributed by atoms with Crippen molar-refractivity contribution in [2.24, 2.45) is 22.7 Å². The molecule has 2 aliphatic rings. The maximum Gasteiger partial charge on any atom is 0.0797 e. The van der Waals surface area contributed by atoms with Crippen LogP contribution >= 0.6 is 11.6 Å². The Morgan fingerprint density at radius 1 is 1.52 bits per heavy atom. The van der Waals surface area contributed by atoms with Crippen molar-refractivity contribution in [3.05, 3.63) is 30.7 Å². The van der Waals surface area contributed by atoms with Gasteiger partial charge in [0.25, 0.3) is 0 Å². The number of rotatable bonds is 4. The highest BCUT2D eigenvalue weighted by Gasteiger charge is 2.51. The van der Waals surface area contributed by atoms with E-state index in [0.717, 1.165) is 17.9 Å². The maximum absolute atomic E-state index is 10.3. The predicted molar refractivity (Wildman–Crippen MR) is 91.0 cm³/mol. The molecule has 0 aromatic rings. The molecule has 1 nitrogen and oxygen atoms in total. The van der Waals surface area contributed by atoms with E-state index in [0.29, 0.717) is 18.3 Å². The first-order valence-electron chi connectivity index (χ1n) is 8.21. The Kier molecular flexibility index (Phi) is 4.67. The second kappa shape index (κ2) is 5.74. The lowest BCUT2D eigenvalue weighted by Crippen LogP contribution is -2.49. The molecule has 1 fully saturated rings. The zero-order valence-corrected chi connectivity index (χ0v) is 14.5. The molecule has 0 bridgehead atoms. The molecule has 2 heteroatoms. The van der Waals surface area contributed by atoms with Gasteiger partial charge in [-0.1, -0.05) is 50.4 Å². The Morgan fingerprint density at radius 2 is 2.19 bits per heavy atom. The molecule has 21 heavy (non-hydrogen) atoms. The minimum Gasteiger partial charge on any atom is -0.386 e. The van der Waals surface area contributed by atoms with E-state index in [1.807, 2.05) is 6.92 Å². The van der Waals surface area contributed by atoms with Crippen molar-refractivity contribution in [2.75, 3.05) is 0 Å². The molecule has 0 heterocycles. The zero-order valence-electron chi connectivity index (χ0n) is 13.8. The van der Waals surface area contributed by atoms with Gasteiger partial charge in [-0.3, -0.25) is 0 Å². The average molecular weight is 310 g/mol. The molecule has 0 amide bonds. The van der Waals surface area contributed by atoms with Gasteiger partial charge in [-0.25, -0.2) is 0 Å². The highest BCUT2D eigenvalue weighted by atomic mass is 35.5. The van der Waals surface area contributed by atoms with Crippen LogP contribution in [0.2, 0.25) is 0 Å². The Labute approximate surface area is 135 Å². The van der Waals surface area contributed by atoms with Crippen LogP contribution < -0.4 is 0 Å². The molecular formula is C19H30ClO-. The molecular weight excluding hydrogens is 280 g/mol. The Balaban J connectivity index is 2.29. The van der Waals surface area contributed by atoms with Crippen molar-refractivity contribution in [3.8, 4) is 0 Å². The van der Waals surface area contributed by atoms with E-state index in [1.54, 1.807) is 6.08 Å². The van der Waals surface area contributed by atoms with Crippen LogP contribution in [-0.4, -0.2) is 10.7 Å². The number of aliphatic hydroxyl groups is 1. The molecule has 5 atom stereocenters. The molecule has 0 radical (unpaired) electrons. The number of hydrogen-bond acceptors (Lipinski definition) is 1. The van der Waals surface area contributed by atoms with Crippen molar-refractivity contribution >= 4 is 11.6 Å². The van der Waals surface area contributed by atoms with E-state index in [-0.39, 0.29) is 10.8 Å². The molecule has 2 rings (SSSR count). The smallest absolute Gasteiger partial charge is 0.0797 e. The summed E-state index contributed by atoms with van der Waals surface area (Å²) >= 11 is 6.66. The normalized spacial score (nSPS) is 42.7. The van der Waals surface area contributed by atoms with E-state index in [2.05, 4.69) is 33.4 Å². The van der Waals surface area contributed by atoms with Crippen molar-refractivity contribution in [1.82, 2.24) is 0 Å². The van der Waals surface area contributed by atoms with Crippen LogP contribution in [0.3, 0.4) is 0 Å². The predicted octanol–water partition coefficient (Wildman–Crippen LogP) is 5.49. The second-order valence-corrected chi connectivity index (χ2v) is 8.33. The van der Waals surface area contributed by atoms with Gasteiger partial charge >= 0.3 is 0 Å². The lowest BCUT2D eigenvalue weighted by Gasteiger charge is -2.59. The topological polar surface area (TPSA) is 20.2 Å². The minimum absolute atomic E-state index is 0.0437. The summed E-state index contributed by atoms with van der Waals surface area (Å²) in [5.41, 5.74) is -0.615. The Bertz CT molecular complexity index is 439. The van der Waals surface area contributed by atoms with Crippen molar-refractivity contribution in [2.45, 2.75) is 64.9 Å². The van der Waals surface area contributed by atoms with Gasteiger partial charge in [-0.2, -0.15) is 5.92 Å². The molecule has 120 valence electrons. The molecule has 2 aliphatic carbocycles. The van der Waals surface area contributed by atoms with Crippen LogP contribution in [-0.2, 0) is 0 Å². The minimum atomic E-state index is -0.813. The largest absolute Gasteiger partial charge is 0.386 e. The van der Waals surface area contributed by atoms with Gasteiger partial charge in [0.2, 0.25) is 0 Å². The van der Waals surface area contributed by atoms with Gasteiger partial charge < -0.3 is 12.0 Å². The van der Waals surface area contributed by atoms with Crippen molar-refractivity contribution in [3.63, 3.8) is 0 Å². The fourth-order valence-electron chi connectivity index (χ4n) is 4.49. The molecule has 0 saturated heterocycles. The van der Waals surface area contributed by atoms with Crippen LogP contribution in [0.25, 0.3) is 0 Å². The van der Waals surface area contributed by atoms with Gasteiger partial charge in [0.15, 0.2) is 0 Å². The van der Waals surface area contributed by atoms with Gasteiger partial charge in [0.05, 0.1) is 5.60 Å². The van der Waals surface area contributed by atoms with E-state index in [1.165, 1.54) is 19.3 Å². The van der Waals surface area contributed by atoms with Gasteiger partial charge in [0.1, 0.15) is 0 Å². The second-order valence-electron chi connectivity index (χ2n) is 7.92. The van der Waals surface area contributed by atoms with Gasteiger partial charge in [-0.05, 0) is 43.9 Å². The lowest BCUT2D eigenvalue weighted by molar-refractivity contribution is -0.0255. The van der Waals surface area contributed by atoms with Crippen LogP contribution in [0, 0.1) is 29.6 Å². The van der Waals surface area contributed by atoms with E-state index in [4.69, 9.17) is 11.6 Å². The van der Waals surface area contributed by atoms with Crippen LogP contribution in [0.4, 0.5) is 0 Å². The fraction of sp³-hybridized carbons (Fsp3) is 0.737. The van der Waals surface area contributed by atoms with Crippen LogP contribution in [0.15, 0.2) is 23.8 Å². The van der Waals surface area contributed by atoms with Crippen LogP contribution in [0.1, 0.15) is 59.3 Å². The molecule has 0 aliphatic heterocycles. The quantitative estimate of drug-likeness (QED) is 0.537. The summed E-state index contributed by atoms with van der Waals surface area (Å²) < 4.78 is 0. The Morgan fingerprint density at radius 3 is 2.81 bits per heavy atom. The number of halogens is 1. The number of allylic oxidation sites excluding steroid dienone is 2.